The molecule has 1 saturated heterocycles. The van der Waals surface area contributed by atoms with Gasteiger partial charge in [-0.1, -0.05) is 19.4 Å². The average Bonchev–Trinajstić information content (AvgIpc) is 3.25. The molecule has 2 heterocycles. The maximum absolute atomic E-state index is 13.0. The van der Waals surface area contributed by atoms with E-state index in [0.717, 1.165) is 24.2 Å². The molecular formula is C18H25N3O5S3. The highest BCUT2D eigenvalue weighted by Gasteiger charge is 2.27. The standard InChI is InChI=1S/C18H25N3O5S3/c1-2-3-8-19-16-7-6-15(29(24,25)21-9-11-26-12-10-21)14-17(16)20-28(22,23)18-5-4-13-27-18/h4-7,13-14,19-20H,2-3,8-12H2,1H3. The lowest BCUT2D eigenvalue weighted by Crippen LogP contribution is -2.40. The van der Waals surface area contributed by atoms with E-state index in [1.165, 1.54) is 22.5 Å². The summed E-state index contributed by atoms with van der Waals surface area (Å²) in [5, 5.41) is 4.86. The number of nitrogens with zero attached hydrogens (tertiary/aromatic N) is 1. The highest BCUT2D eigenvalue weighted by molar-refractivity contribution is 7.94. The molecule has 0 unspecified atom stereocenters. The van der Waals surface area contributed by atoms with E-state index in [0.29, 0.717) is 25.4 Å². The van der Waals surface area contributed by atoms with Crippen LogP contribution in [0.5, 0.6) is 0 Å². The van der Waals surface area contributed by atoms with Crippen LogP contribution in [-0.2, 0) is 24.8 Å². The van der Waals surface area contributed by atoms with E-state index in [9.17, 15) is 16.8 Å². The number of ether oxygens (including phenoxy) is 1. The molecule has 29 heavy (non-hydrogen) atoms. The minimum absolute atomic E-state index is 0.0457. The first kappa shape index (κ1) is 22.0. The molecule has 2 aromatic rings. The Bertz CT molecular complexity index is 1020. The molecule has 0 spiro atoms. The molecule has 1 aliphatic rings. The Kier molecular flexibility index (Phi) is 7.17. The van der Waals surface area contributed by atoms with Gasteiger partial charge in [-0.25, -0.2) is 16.8 Å². The molecule has 0 radical (unpaired) electrons. The van der Waals surface area contributed by atoms with E-state index >= 15 is 0 Å². The zero-order valence-corrected chi connectivity index (χ0v) is 18.6. The lowest BCUT2D eigenvalue weighted by atomic mass is 10.2. The molecule has 0 aliphatic carbocycles. The molecule has 8 nitrogen and oxygen atoms in total. The van der Waals surface area contributed by atoms with Gasteiger partial charge in [-0.2, -0.15) is 4.31 Å². The number of hydrogen-bond acceptors (Lipinski definition) is 7. The molecule has 1 aromatic heterocycles. The number of sulfonamides is 2. The van der Waals surface area contributed by atoms with Gasteiger partial charge in [-0.3, -0.25) is 4.72 Å². The number of morpholine rings is 1. The van der Waals surface area contributed by atoms with Crippen molar-refractivity contribution in [3.63, 3.8) is 0 Å². The minimum Gasteiger partial charge on any atom is -0.383 e. The van der Waals surface area contributed by atoms with Gasteiger partial charge in [0, 0.05) is 19.6 Å². The molecular weight excluding hydrogens is 434 g/mol. The highest BCUT2D eigenvalue weighted by atomic mass is 32.2. The molecule has 160 valence electrons. The van der Waals surface area contributed by atoms with Crippen molar-refractivity contribution in [3.05, 3.63) is 35.7 Å². The van der Waals surface area contributed by atoms with Crippen LogP contribution in [-0.4, -0.2) is 54.0 Å². The fourth-order valence-corrected chi connectivity index (χ4v) is 6.37. The number of unbranched alkanes of at least 4 members (excludes halogenated alkanes) is 1. The SMILES string of the molecule is CCCCNc1ccc(S(=O)(=O)N2CCOCC2)cc1NS(=O)(=O)c1cccs1. The van der Waals surface area contributed by atoms with Crippen molar-refractivity contribution in [2.24, 2.45) is 0 Å². The van der Waals surface area contributed by atoms with Crippen LogP contribution in [0, 0.1) is 0 Å². The second-order valence-corrected chi connectivity index (χ2v) is 11.3. The third kappa shape index (κ3) is 5.28. The summed E-state index contributed by atoms with van der Waals surface area (Å²) >= 11 is 1.10. The van der Waals surface area contributed by atoms with Crippen molar-refractivity contribution in [1.82, 2.24) is 4.31 Å². The van der Waals surface area contributed by atoms with Crippen LogP contribution in [0.2, 0.25) is 0 Å². The van der Waals surface area contributed by atoms with Gasteiger partial charge in [-0.05, 0) is 36.1 Å². The lowest BCUT2D eigenvalue weighted by molar-refractivity contribution is 0.0730. The number of nitrogens with one attached hydrogen (secondary N) is 2. The number of anilines is 2. The highest BCUT2D eigenvalue weighted by Crippen LogP contribution is 2.30. The number of rotatable bonds is 9. The average molecular weight is 460 g/mol. The van der Waals surface area contributed by atoms with Gasteiger partial charge in [0.05, 0.1) is 29.5 Å². The molecule has 0 amide bonds. The summed E-state index contributed by atoms with van der Waals surface area (Å²) < 4.78 is 60.7. The third-order valence-corrected chi connectivity index (χ3v) is 9.11. The maximum Gasteiger partial charge on any atom is 0.271 e. The summed E-state index contributed by atoms with van der Waals surface area (Å²) in [5.74, 6) is 0. The Balaban J connectivity index is 1.95. The van der Waals surface area contributed by atoms with Gasteiger partial charge < -0.3 is 10.1 Å². The Morgan fingerprint density at radius 3 is 2.52 bits per heavy atom. The van der Waals surface area contributed by atoms with Crippen LogP contribution < -0.4 is 10.0 Å². The van der Waals surface area contributed by atoms with Crippen molar-refractivity contribution in [3.8, 4) is 0 Å². The zero-order chi connectivity index (χ0) is 20.9. The van der Waals surface area contributed by atoms with Gasteiger partial charge in [0.1, 0.15) is 4.21 Å². The van der Waals surface area contributed by atoms with Gasteiger partial charge >= 0.3 is 0 Å². The Morgan fingerprint density at radius 1 is 1.10 bits per heavy atom. The van der Waals surface area contributed by atoms with Gasteiger partial charge in [0.25, 0.3) is 10.0 Å². The van der Waals surface area contributed by atoms with E-state index in [1.807, 2.05) is 0 Å². The Hall–Kier alpha value is -1.66. The molecule has 1 aromatic carbocycles. The van der Waals surface area contributed by atoms with Gasteiger partial charge in [0.2, 0.25) is 10.0 Å². The van der Waals surface area contributed by atoms with Crippen LogP contribution in [0.1, 0.15) is 19.8 Å². The summed E-state index contributed by atoms with van der Waals surface area (Å²) in [6.45, 7) is 3.94. The van der Waals surface area contributed by atoms with Crippen LogP contribution >= 0.6 is 11.3 Å². The van der Waals surface area contributed by atoms with Crippen LogP contribution in [0.15, 0.2) is 44.8 Å². The Morgan fingerprint density at radius 2 is 1.86 bits per heavy atom. The largest absolute Gasteiger partial charge is 0.383 e. The molecule has 1 aliphatic heterocycles. The van der Waals surface area contributed by atoms with Crippen molar-refractivity contribution < 1.29 is 21.6 Å². The molecule has 2 N–H and O–H groups in total. The van der Waals surface area contributed by atoms with Crippen molar-refractivity contribution in [2.75, 3.05) is 42.9 Å². The minimum atomic E-state index is -3.81. The van der Waals surface area contributed by atoms with Crippen LogP contribution in [0.4, 0.5) is 11.4 Å². The predicted octanol–water partition coefficient (Wildman–Crippen LogP) is 2.78. The topological polar surface area (TPSA) is 105 Å². The number of thiophene rings is 1. The van der Waals surface area contributed by atoms with Gasteiger partial charge in [0.15, 0.2) is 0 Å². The van der Waals surface area contributed by atoms with Crippen LogP contribution in [0.3, 0.4) is 0 Å². The fourth-order valence-electron chi connectivity index (χ4n) is 2.87. The maximum atomic E-state index is 13.0. The van der Waals surface area contributed by atoms with Gasteiger partial charge in [-0.15, -0.1) is 11.3 Å². The summed E-state index contributed by atoms with van der Waals surface area (Å²) in [4.78, 5) is 0.0457. The van der Waals surface area contributed by atoms with E-state index in [2.05, 4.69) is 17.0 Å². The summed E-state index contributed by atoms with van der Waals surface area (Å²) in [7, 11) is -7.55. The lowest BCUT2D eigenvalue weighted by Gasteiger charge is -2.26. The predicted molar refractivity (Wildman–Crippen MR) is 115 cm³/mol. The molecule has 0 bridgehead atoms. The number of benzene rings is 1. The number of hydrogen-bond donors (Lipinski definition) is 2. The monoisotopic (exact) mass is 459 g/mol. The van der Waals surface area contributed by atoms with Crippen LogP contribution in [0.25, 0.3) is 0 Å². The summed E-state index contributed by atoms with van der Waals surface area (Å²) in [6.07, 6.45) is 1.89. The summed E-state index contributed by atoms with van der Waals surface area (Å²) in [5.41, 5.74) is 0.753. The molecule has 0 saturated carbocycles. The van der Waals surface area contributed by atoms with E-state index in [1.54, 1.807) is 17.5 Å². The quantitative estimate of drug-likeness (QED) is 0.559. The molecule has 1 fully saturated rings. The van der Waals surface area contributed by atoms with E-state index in [4.69, 9.17) is 4.74 Å². The summed E-state index contributed by atoms with van der Waals surface area (Å²) in [6, 6.07) is 7.64. The second-order valence-electron chi connectivity index (χ2n) is 6.54. The third-order valence-electron chi connectivity index (χ3n) is 4.45. The molecule has 11 heteroatoms. The first-order valence-electron chi connectivity index (χ1n) is 9.37. The van der Waals surface area contributed by atoms with Crippen molar-refractivity contribution in [2.45, 2.75) is 28.9 Å². The van der Waals surface area contributed by atoms with E-state index < -0.39 is 20.0 Å². The molecule has 0 atom stereocenters. The Labute approximate surface area is 176 Å². The molecule has 3 rings (SSSR count). The first-order chi connectivity index (χ1) is 13.8. The normalized spacial score (nSPS) is 15.9. The zero-order valence-electron chi connectivity index (χ0n) is 16.1. The van der Waals surface area contributed by atoms with Crippen molar-refractivity contribution >= 4 is 42.8 Å². The smallest absolute Gasteiger partial charge is 0.271 e. The van der Waals surface area contributed by atoms with E-state index in [-0.39, 0.29) is 27.9 Å². The second kappa shape index (κ2) is 9.43. The first-order valence-corrected chi connectivity index (χ1v) is 13.2. The fraction of sp³-hybridized carbons (Fsp3) is 0.444. The van der Waals surface area contributed by atoms with Crippen molar-refractivity contribution in [1.29, 1.82) is 0 Å².